The third kappa shape index (κ3) is 2.79. The summed E-state index contributed by atoms with van der Waals surface area (Å²) in [5.41, 5.74) is 9.41. The van der Waals surface area contributed by atoms with Crippen LogP contribution in [0.15, 0.2) is 23.0 Å². The van der Waals surface area contributed by atoms with E-state index in [9.17, 15) is 24.6 Å². The summed E-state index contributed by atoms with van der Waals surface area (Å²) in [5.74, 6) is -3.02. The van der Waals surface area contributed by atoms with E-state index in [1.165, 1.54) is 25.3 Å². The highest BCUT2D eigenvalue weighted by Gasteiger charge is 2.26. The molecule has 0 radical (unpaired) electrons. The first kappa shape index (κ1) is 17.0. The second-order valence-corrected chi connectivity index (χ2v) is 4.83. The molecule has 1 aromatic carbocycles. The predicted molar refractivity (Wildman–Crippen MR) is 85.3 cm³/mol. The van der Waals surface area contributed by atoms with Crippen molar-refractivity contribution >= 4 is 17.8 Å². The lowest BCUT2D eigenvalue weighted by Gasteiger charge is -2.14. The summed E-state index contributed by atoms with van der Waals surface area (Å²) in [7, 11) is 1.44. The summed E-state index contributed by atoms with van der Waals surface area (Å²) in [6.07, 6.45) is 0. The molecule has 1 heterocycles. The van der Waals surface area contributed by atoms with Gasteiger partial charge in [-0.3, -0.25) is 4.79 Å². The van der Waals surface area contributed by atoms with E-state index in [1.54, 1.807) is 0 Å². The number of aromatic nitrogens is 1. The van der Waals surface area contributed by atoms with Crippen LogP contribution in [0.1, 0.15) is 26.3 Å². The number of pyridine rings is 1. The average molecular weight is 333 g/mol. The number of nitrogens with one attached hydrogen (secondary N) is 1. The van der Waals surface area contributed by atoms with Crippen LogP contribution in [-0.4, -0.2) is 34.2 Å². The largest absolute Gasteiger partial charge is 0.496 e. The molecule has 0 atom stereocenters. The van der Waals surface area contributed by atoms with Crippen LogP contribution in [0.4, 0.5) is 5.82 Å². The van der Waals surface area contributed by atoms with Crippen molar-refractivity contribution < 1.29 is 24.5 Å². The van der Waals surface area contributed by atoms with Crippen LogP contribution >= 0.6 is 0 Å². The zero-order valence-electron chi connectivity index (χ0n) is 12.6. The Morgan fingerprint density at radius 3 is 2.33 bits per heavy atom. The van der Waals surface area contributed by atoms with Crippen molar-refractivity contribution in [3.8, 4) is 16.9 Å². The average Bonchev–Trinajstić information content (AvgIpc) is 2.52. The van der Waals surface area contributed by atoms with E-state index in [2.05, 4.69) is 0 Å². The van der Waals surface area contributed by atoms with Crippen molar-refractivity contribution in [2.45, 2.75) is 6.54 Å². The Kier molecular flexibility index (Phi) is 4.56. The van der Waals surface area contributed by atoms with Gasteiger partial charge >= 0.3 is 11.9 Å². The van der Waals surface area contributed by atoms with Gasteiger partial charge in [0.15, 0.2) is 0 Å². The summed E-state index contributed by atoms with van der Waals surface area (Å²) < 4.78 is 5.12. The highest BCUT2D eigenvalue weighted by atomic mass is 16.5. The summed E-state index contributed by atoms with van der Waals surface area (Å²) in [6.45, 7) is 0.0699. The molecule has 24 heavy (non-hydrogen) atoms. The number of carboxylic acids is 2. The molecule has 0 spiro atoms. The van der Waals surface area contributed by atoms with E-state index in [1.807, 2.05) is 4.98 Å². The normalized spacial score (nSPS) is 10.4. The SMILES string of the molecule is COc1ccc(-c2c(C(=O)O)c(N)[nH]c(=O)c2C(=O)O)cc1CN. The molecule has 0 saturated carbocycles. The lowest BCUT2D eigenvalue weighted by Crippen LogP contribution is -2.24. The maximum atomic E-state index is 12.0. The number of hydrogen-bond acceptors (Lipinski definition) is 6. The maximum Gasteiger partial charge on any atom is 0.342 e. The topological polar surface area (TPSA) is 169 Å². The first-order chi connectivity index (χ1) is 11.3. The van der Waals surface area contributed by atoms with E-state index in [-0.39, 0.29) is 17.7 Å². The molecule has 9 heteroatoms. The van der Waals surface area contributed by atoms with Crippen molar-refractivity contribution in [2.24, 2.45) is 5.73 Å². The summed E-state index contributed by atoms with van der Waals surface area (Å²) in [4.78, 5) is 37.0. The van der Waals surface area contributed by atoms with Crippen LogP contribution in [0.3, 0.4) is 0 Å². The van der Waals surface area contributed by atoms with Gasteiger partial charge in [-0.1, -0.05) is 6.07 Å². The molecule has 2 aromatic rings. The minimum Gasteiger partial charge on any atom is -0.496 e. The van der Waals surface area contributed by atoms with Crippen LogP contribution in [0, 0.1) is 0 Å². The molecule has 7 N–H and O–H groups in total. The van der Waals surface area contributed by atoms with Gasteiger partial charge in [0.2, 0.25) is 0 Å². The van der Waals surface area contributed by atoms with Gasteiger partial charge in [-0.05, 0) is 17.7 Å². The van der Waals surface area contributed by atoms with Gasteiger partial charge in [-0.15, -0.1) is 0 Å². The number of ether oxygens (including phenoxy) is 1. The maximum absolute atomic E-state index is 12.0. The Labute approximate surface area is 135 Å². The Bertz CT molecular complexity index is 888. The predicted octanol–water partition coefficient (Wildman–Crippen LogP) is 0.488. The third-order valence-corrected chi connectivity index (χ3v) is 3.46. The summed E-state index contributed by atoms with van der Waals surface area (Å²) >= 11 is 0. The molecule has 0 aliphatic heterocycles. The molecule has 0 aliphatic carbocycles. The highest BCUT2D eigenvalue weighted by molar-refractivity contribution is 6.07. The van der Waals surface area contributed by atoms with Gasteiger partial charge in [0, 0.05) is 17.7 Å². The van der Waals surface area contributed by atoms with Gasteiger partial charge in [-0.2, -0.15) is 0 Å². The standard InChI is InChI=1S/C15H15N3O6/c1-24-8-3-2-6(4-7(8)5-16)9-10(14(20)21)12(17)18-13(19)11(9)15(22)23/h2-4H,5,16H2,1H3,(H,20,21)(H,22,23)(H3,17,18,19). The molecule has 0 amide bonds. The molecule has 0 fully saturated rings. The highest BCUT2D eigenvalue weighted by Crippen LogP contribution is 2.32. The number of carboxylic acid groups (broad SMARTS) is 2. The Morgan fingerprint density at radius 1 is 1.21 bits per heavy atom. The van der Waals surface area contributed by atoms with E-state index < -0.39 is 34.4 Å². The van der Waals surface area contributed by atoms with Crippen LogP contribution < -0.4 is 21.8 Å². The molecule has 9 nitrogen and oxygen atoms in total. The number of aromatic amines is 1. The van der Waals surface area contributed by atoms with Crippen molar-refractivity contribution in [1.29, 1.82) is 0 Å². The molecule has 1 aromatic heterocycles. The Balaban J connectivity index is 2.94. The smallest absolute Gasteiger partial charge is 0.342 e. The first-order valence-electron chi connectivity index (χ1n) is 6.71. The molecular weight excluding hydrogens is 318 g/mol. The second kappa shape index (κ2) is 6.42. The Morgan fingerprint density at radius 2 is 1.83 bits per heavy atom. The van der Waals surface area contributed by atoms with Crippen molar-refractivity contribution in [3.05, 3.63) is 45.2 Å². The zero-order valence-corrected chi connectivity index (χ0v) is 12.6. The van der Waals surface area contributed by atoms with Gasteiger partial charge < -0.3 is 31.4 Å². The molecule has 0 saturated heterocycles. The number of H-pyrrole nitrogens is 1. The molecule has 0 aliphatic rings. The van der Waals surface area contributed by atoms with Crippen molar-refractivity contribution in [1.82, 2.24) is 4.98 Å². The summed E-state index contributed by atoms with van der Waals surface area (Å²) in [6, 6.07) is 4.41. The monoisotopic (exact) mass is 333 g/mol. The number of rotatable bonds is 5. The van der Waals surface area contributed by atoms with E-state index in [0.717, 1.165) is 0 Å². The number of benzene rings is 1. The first-order valence-corrected chi connectivity index (χ1v) is 6.71. The van der Waals surface area contributed by atoms with Crippen LogP contribution in [0.2, 0.25) is 0 Å². The fourth-order valence-corrected chi connectivity index (χ4v) is 2.43. The van der Waals surface area contributed by atoms with Crippen molar-refractivity contribution in [2.75, 3.05) is 12.8 Å². The van der Waals surface area contributed by atoms with Gasteiger partial charge in [0.1, 0.15) is 22.7 Å². The number of anilines is 1. The van der Waals surface area contributed by atoms with Gasteiger partial charge in [-0.25, -0.2) is 9.59 Å². The van der Waals surface area contributed by atoms with Crippen LogP contribution in [-0.2, 0) is 6.54 Å². The van der Waals surface area contributed by atoms with Crippen LogP contribution in [0.5, 0.6) is 5.75 Å². The fraction of sp³-hybridized carbons (Fsp3) is 0.133. The number of nitrogens with two attached hydrogens (primary N) is 2. The Hall–Kier alpha value is -3.33. The third-order valence-electron chi connectivity index (χ3n) is 3.46. The molecule has 0 unspecified atom stereocenters. The van der Waals surface area contributed by atoms with Gasteiger partial charge in [0.25, 0.3) is 5.56 Å². The molecule has 0 bridgehead atoms. The van der Waals surface area contributed by atoms with Gasteiger partial charge in [0.05, 0.1) is 7.11 Å². The fourth-order valence-electron chi connectivity index (χ4n) is 2.43. The summed E-state index contributed by atoms with van der Waals surface area (Å²) in [5, 5.41) is 18.7. The molecular formula is C15H15N3O6. The number of methoxy groups -OCH3 is 1. The number of carbonyl (C=O) groups is 2. The lowest BCUT2D eigenvalue weighted by molar-refractivity contribution is 0.0695. The minimum absolute atomic E-state index is 0.0699. The van der Waals surface area contributed by atoms with E-state index in [4.69, 9.17) is 16.2 Å². The van der Waals surface area contributed by atoms with Crippen molar-refractivity contribution in [3.63, 3.8) is 0 Å². The lowest BCUT2D eigenvalue weighted by atomic mass is 9.94. The number of nitrogen functional groups attached to an aromatic ring is 1. The van der Waals surface area contributed by atoms with E-state index >= 15 is 0 Å². The second-order valence-electron chi connectivity index (χ2n) is 4.83. The molecule has 2 rings (SSSR count). The molecule has 126 valence electrons. The van der Waals surface area contributed by atoms with E-state index in [0.29, 0.717) is 11.3 Å². The zero-order chi connectivity index (χ0) is 18.0. The quantitative estimate of drug-likeness (QED) is 0.526. The number of hydrogen-bond donors (Lipinski definition) is 5. The van der Waals surface area contributed by atoms with Crippen LogP contribution in [0.25, 0.3) is 11.1 Å². The number of aromatic carboxylic acids is 2. The minimum atomic E-state index is -1.57.